The van der Waals surface area contributed by atoms with Gasteiger partial charge in [-0.15, -0.1) is 23.4 Å². The number of sulfone groups is 1. The molecule has 0 amide bonds. The maximum Gasteiger partial charge on any atom is 0.573 e. The largest absolute Gasteiger partial charge is 0.573 e. The van der Waals surface area contributed by atoms with Crippen LogP contribution < -0.4 is 10.5 Å². The summed E-state index contributed by atoms with van der Waals surface area (Å²) >= 11 is 0. The van der Waals surface area contributed by atoms with Gasteiger partial charge in [-0.05, 0) is 36.8 Å². The lowest BCUT2D eigenvalue weighted by molar-refractivity contribution is -0.274. The molecule has 10 nitrogen and oxygen atoms in total. The second-order valence-electron chi connectivity index (χ2n) is 6.66. The minimum atomic E-state index is -4.90. The molecule has 0 aliphatic carbocycles. The van der Waals surface area contributed by atoms with Crippen LogP contribution in [0.3, 0.4) is 0 Å². The number of aromatic nitrogens is 3. The van der Waals surface area contributed by atoms with Crippen LogP contribution in [0, 0.1) is 0 Å². The number of halogens is 3. The molecule has 1 aromatic carbocycles. The molecule has 2 aromatic heterocycles. The summed E-state index contributed by atoms with van der Waals surface area (Å²) in [4.78, 5) is 3.43. The summed E-state index contributed by atoms with van der Waals surface area (Å²) in [5, 5.41) is 16.7. The molecule has 0 saturated carbocycles. The number of hydrogen-bond donors (Lipinski definition) is 2. The van der Waals surface area contributed by atoms with E-state index in [-0.39, 0.29) is 52.3 Å². The van der Waals surface area contributed by atoms with E-state index in [9.17, 15) is 21.6 Å². The average molecular weight is 488 g/mol. The normalized spacial score (nSPS) is 13.1. The number of nitrogen functional groups attached to an aromatic ring is 1. The van der Waals surface area contributed by atoms with Crippen LogP contribution in [0.4, 0.5) is 18.9 Å². The zero-order valence-corrected chi connectivity index (χ0v) is 17.9. The summed E-state index contributed by atoms with van der Waals surface area (Å²) < 4.78 is 77.0. The molecule has 33 heavy (non-hydrogen) atoms. The fourth-order valence-corrected chi connectivity index (χ4v) is 3.88. The van der Waals surface area contributed by atoms with Gasteiger partial charge < -0.3 is 24.7 Å². The van der Waals surface area contributed by atoms with Crippen LogP contribution in [-0.2, 0) is 21.2 Å². The molecule has 0 saturated heterocycles. The van der Waals surface area contributed by atoms with Crippen molar-refractivity contribution in [1.82, 2.24) is 15.2 Å². The van der Waals surface area contributed by atoms with Crippen molar-refractivity contribution in [3.05, 3.63) is 42.4 Å². The zero-order chi connectivity index (χ0) is 24.2. The van der Waals surface area contributed by atoms with E-state index >= 15 is 0 Å². The van der Waals surface area contributed by atoms with Crippen molar-refractivity contribution < 1.29 is 40.6 Å². The van der Waals surface area contributed by atoms with Crippen LogP contribution in [0.25, 0.3) is 11.6 Å². The van der Waals surface area contributed by atoms with E-state index in [0.717, 1.165) is 36.5 Å². The predicted octanol–water partition coefficient (Wildman–Crippen LogP) is 2.73. The average Bonchev–Trinajstić information content (AvgIpc) is 3.22. The third kappa shape index (κ3) is 5.97. The Kier molecular flexibility index (Phi) is 7.19. The van der Waals surface area contributed by atoms with Crippen LogP contribution in [-0.4, -0.2) is 47.8 Å². The third-order valence-corrected chi connectivity index (χ3v) is 6.08. The summed E-state index contributed by atoms with van der Waals surface area (Å²) in [6, 6.07) is 4.83. The Morgan fingerprint density at radius 1 is 1.18 bits per heavy atom. The molecular formula is C19H19F3N4O6S. The highest BCUT2D eigenvalue weighted by Gasteiger charge is 2.31. The monoisotopic (exact) mass is 488 g/mol. The number of hydrogen-bond acceptors (Lipinski definition) is 10. The van der Waals surface area contributed by atoms with Gasteiger partial charge in [-0.2, -0.15) is 0 Å². The Labute approximate surface area is 186 Å². The van der Waals surface area contributed by atoms with Crippen LogP contribution in [0.15, 0.2) is 50.7 Å². The Balaban J connectivity index is 1.79. The van der Waals surface area contributed by atoms with E-state index in [2.05, 4.69) is 19.9 Å². The van der Waals surface area contributed by atoms with Crippen molar-refractivity contribution in [3.8, 4) is 17.3 Å². The number of rotatable bonds is 9. The van der Waals surface area contributed by atoms with Crippen molar-refractivity contribution in [2.45, 2.75) is 42.2 Å². The van der Waals surface area contributed by atoms with Gasteiger partial charge in [0.1, 0.15) is 12.4 Å². The third-order valence-electron chi connectivity index (χ3n) is 4.34. The highest BCUT2D eigenvalue weighted by Crippen LogP contribution is 2.29. The fourth-order valence-electron chi connectivity index (χ4n) is 2.64. The SMILES string of the molecule is CCC(CO)OCc1nnc(-c2ncc(S(=O)(=O)c3ccc(OC(F)(F)F)cc3)cc2N)o1. The second kappa shape index (κ2) is 9.72. The van der Waals surface area contributed by atoms with Crippen LogP contribution in [0.2, 0.25) is 0 Å². The first-order valence-electron chi connectivity index (χ1n) is 9.45. The summed E-state index contributed by atoms with van der Waals surface area (Å²) in [7, 11) is -4.13. The molecule has 0 spiro atoms. The van der Waals surface area contributed by atoms with E-state index < -0.39 is 21.9 Å². The van der Waals surface area contributed by atoms with Crippen molar-refractivity contribution >= 4 is 15.5 Å². The number of nitrogens with zero attached hydrogens (tertiary/aromatic N) is 3. The molecule has 0 aliphatic rings. The quantitative estimate of drug-likeness (QED) is 0.460. The maximum absolute atomic E-state index is 12.8. The number of anilines is 1. The Bertz CT molecular complexity index is 1190. The molecule has 3 aromatic rings. The molecule has 14 heteroatoms. The number of aliphatic hydroxyl groups excluding tert-OH is 1. The lowest BCUT2D eigenvalue weighted by atomic mass is 10.3. The van der Waals surface area contributed by atoms with Crippen LogP contribution >= 0.6 is 0 Å². The predicted molar refractivity (Wildman–Crippen MR) is 106 cm³/mol. The Morgan fingerprint density at radius 2 is 1.88 bits per heavy atom. The van der Waals surface area contributed by atoms with Crippen molar-refractivity contribution in [2.24, 2.45) is 0 Å². The minimum absolute atomic E-state index is 0.0378. The first-order chi connectivity index (χ1) is 15.5. The number of nitrogens with two attached hydrogens (primary N) is 1. The van der Waals surface area contributed by atoms with Gasteiger partial charge in [0.2, 0.25) is 15.7 Å². The summed E-state index contributed by atoms with van der Waals surface area (Å²) in [5.74, 6) is -0.522. The molecule has 3 rings (SSSR count). The molecular weight excluding hydrogens is 469 g/mol. The van der Waals surface area contributed by atoms with Gasteiger partial charge in [-0.1, -0.05) is 6.92 Å². The number of pyridine rings is 1. The minimum Gasteiger partial charge on any atom is -0.417 e. The van der Waals surface area contributed by atoms with Gasteiger partial charge >= 0.3 is 6.36 Å². The molecule has 2 heterocycles. The molecule has 178 valence electrons. The number of alkyl halides is 3. The highest BCUT2D eigenvalue weighted by atomic mass is 32.2. The van der Waals surface area contributed by atoms with E-state index in [1.807, 2.05) is 6.92 Å². The van der Waals surface area contributed by atoms with Crippen molar-refractivity contribution in [3.63, 3.8) is 0 Å². The standard InChI is InChI=1S/C19H19F3N4O6S/c1-2-11(9-27)30-10-16-25-26-18(31-16)17-15(23)7-14(8-24-17)33(28,29)13-5-3-12(4-6-13)32-19(20,21)22/h3-8,11,27H,2,9-10,23H2,1H3. The number of aliphatic hydroxyl groups is 1. The van der Waals surface area contributed by atoms with Gasteiger partial charge in [0.25, 0.3) is 5.89 Å². The summed E-state index contributed by atoms with van der Waals surface area (Å²) in [5.41, 5.74) is 5.89. The van der Waals surface area contributed by atoms with Crippen molar-refractivity contribution in [1.29, 1.82) is 0 Å². The van der Waals surface area contributed by atoms with Gasteiger partial charge in [0, 0.05) is 6.20 Å². The van der Waals surface area contributed by atoms with Gasteiger partial charge in [0.15, 0.2) is 5.69 Å². The molecule has 0 fully saturated rings. The van der Waals surface area contributed by atoms with E-state index in [4.69, 9.17) is 20.0 Å². The highest BCUT2D eigenvalue weighted by molar-refractivity contribution is 7.91. The van der Waals surface area contributed by atoms with Gasteiger partial charge in [0.05, 0.1) is 28.2 Å². The maximum atomic E-state index is 12.8. The van der Waals surface area contributed by atoms with E-state index in [1.54, 1.807) is 0 Å². The molecule has 1 atom stereocenters. The van der Waals surface area contributed by atoms with E-state index in [0.29, 0.717) is 6.42 Å². The fraction of sp³-hybridized carbons (Fsp3) is 0.316. The summed E-state index contributed by atoms with van der Waals surface area (Å²) in [6.07, 6.45) is -3.69. The number of ether oxygens (including phenoxy) is 2. The lowest BCUT2D eigenvalue weighted by Crippen LogP contribution is -2.17. The van der Waals surface area contributed by atoms with Gasteiger partial charge in [-0.25, -0.2) is 13.4 Å². The lowest BCUT2D eigenvalue weighted by Gasteiger charge is -2.10. The summed E-state index contributed by atoms with van der Waals surface area (Å²) in [6.45, 7) is 1.62. The Hall–Kier alpha value is -3.23. The first kappa shape index (κ1) is 24.4. The second-order valence-corrected chi connectivity index (χ2v) is 8.61. The topological polar surface area (TPSA) is 151 Å². The van der Waals surface area contributed by atoms with E-state index in [1.165, 1.54) is 0 Å². The van der Waals surface area contributed by atoms with Crippen LogP contribution in [0.5, 0.6) is 5.75 Å². The van der Waals surface area contributed by atoms with Crippen molar-refractivity contribution in [2.75, 3.05) is 12.3 Å². The number of benzene rings is 1. The Morgan fingerprint density at radius 3 is 2.45 bits per heavy atom. The molecule has 0 aliphatic heterocycles. The first-order valence-corrected chi connectivity index (χ1v) is 10.9. The zero-order valence-electron chi connectivity index (χ0n) is 17.1. The molecule has 3 N–H and O–H groups in total. The molecule has 0 radical (unpaired) electrons. The molecule has 0 bridgehead atoms. The van der Waals surface area contributed by atoms with Gasteiger partial charge in [-0.3, -0.25) is 0 Å². The smallest absolute Gasteiger partial charge is 0.417 e. The molecule has 1 unspecified atom stereocenters. The van der Waals surface area contributed by atoms with Crippen LogP contribution in [0.1, 0.15) is 19.2 Å².